The Kier molecular flexibility index (Phi) is 14.3. The number of unbranched alkanes of at least 4 members (excludes halogenated alkanes) is 1. The van der Waals surface area contributed by atoms with Gasteiger partial charge < -0.3 is 20.1 Å². The molecule has 1 aromatic heterocycles. The molecule has 0 amide bonds. The molecule has 152 valence electrons. The first-order chi connectivity index (χ1) is 12.0. The van der Waals surface area contributed by atoms with E-state index in [4.69, 9.17) is 9.47 Å². The summed E-state index contributed by atoms with van der Waals surface area (Å²) in [5.74, 6) is 0.758. The summed E-state index contributed by atoms with van der Waals surface area (Å²) in [6, 6.07) is 0. The topological polar surface area (TPSA) is 67.8 Å². The minimum atomic E-state index is 0. The number of hydrogen-bond acceptors (Lipinski definition) is 5. The molecular formula is C18H35IN4O2S. The molecule has 0 fully saturated rings. The van der Waals surface area contributed by atoms with Gasteiger partial charge in [-0.15, -0.1) is 35.3 Å². The van der Waals surface area contributed by atoms with E-state index in [-0.39, 0.29) is 29.4 Å². The van der Waals surface area contributed by atoms with Crippen LogP contribution in [0.3, 0.4) is 0 Å². The van der Waals surface area contributed by atoms with E-state index in [1.165, 1.54) is 0 Å². The van der Waals surface area contributed by atoms with Crippen LogP contribution in [0, 0.1) is 0 Å². The molecule has 0 aliphatic rings. The van der Waals surface area contributed by atoms with Crippen LogP contribution in [-0.2, 0) is 21.4 Å². The highest BCUT2D eigenvalue weighted by Crippen LogP contribution is 2.25. The Hall–Kier alpha value is -0.450. The van der Waals surface area contributed by atoms with Crippen molar-refractivity contribution in [1.29, 1.82) is 0 Å². The van der Waals surface area contributed by atoms with Gasteiger partial charge in [-0.2, -0.15) is 0 Å². The molecule has 0 saturated heterocycles. The standard InChI is InChI=1S/C18H34N4O2S.HI/c1-6-7-9-23-11-12-24-10-8-20-17(19-5)21-13-15-14-25-16(22-15)18(2,3)4;/h14H,6-13H2,1-5H3,(H2,19,20,21);1H. The van der Waals surface area contributed by atoms with Crippen molar-refractivity contribution in [2.45, 2.75) is 52.5 Å². The Balaban J connectivity index is 0.00000625. The molecular weight excluding hydrogens is 463 g/mol. The maximum absolute atomic E-state index is 5.53. The molecule has 1 rings (SSSR count). The zero-order chi connectivity index (χ0) is 18.5. The van der Waals surface area contributed by atoms with Gasteiger partial charge in [-0.05, 0) is 6.42 Å². The fraction of sp³-hybridized carbons (Fsp3) is 0.778. The summed E-state index contributed by atoms with van der Waals surface area (Å²) in [6.45, 7) is 12.8. The number of thiazole rings is 1. The van der Waals surface area contributed by atoms with Crippen molar-refractivity contribution in [2.75, 3.05) is 40.0 Å². The lowest BCUT2D eigenvalue weighted by atomic mass is 9.98. The summed E-state index contributed by atoms with van der Waals surface area (Å²) in [4.78, 5) is 8.89. The molecule has 0 aliphatic heterocycles. The molecule has 0 atom stereocenters. The maximum Gasteiger partial charge on any atom is 0.191 e. The molecule has 6 nitrogen and oxygen atoms in total. The van der Waals surface area contributed by atoms with Gasteiger partial charge in [-0.3, -0.25) is 4.99 Å². The predicted octanol–water partition coefficient (Wildman–Crippen LogP) is 3.56. The normalized spacial score (nSPS) is 12.0. The average Bonchev–Trinajstić information content (AvgIpc) is 3.05. The molecule has 0 unspecified atom stereocenters. The third-order valence-corrected chi connectivity index (χ3v) is 4.72. The van der Waals surface area contributed by atoms with Gasteiger partial charge in [0, 0.05) is 31.0 Å². The number of ether oxygens (including phenoxy) is 2. The minimum absolute atomic E-state index is 0. The Labute approximate surface area is 179 Å². The summed E-state index contributed by atoms with van der Waals surface area (Å²) in [7, 11) is 1.76. The smallest absolute Gasteiger partial charge is 0.191 e. The molecule has 0 aromatic carbocycles. The van der Waals surface area contributed by atoms with E-state index in [1.54, 1.807) is 18.4 Å². The highest BCUT2D eigenvalue weighted by molar-refractivity contribution is 14.0. The van der Waals surface area contributed by atoms with E-state index >= 15 is 0 Å². The van der Waals surface area contributed by atoms with E-state index in [9.17, 15) is 0 Å². The first-order valence-corrected chi connectivity index (χ1v) is 9.90. The lowest BCUT2D eigenvalue weighted by Gasteiger charge is -2.14. The monoisotopic (exact) mass is 498 g/mol. The van der Waals surface area contributed by atoms with Crippen LogP contribution >= 0.6 is 35.3 Å². The average molecular weight is 498 g/mol. The fourth-order valence-electron chi connectivity index (χ4n) is 1.94. The molecule has 1 heterocycles. The van der Waals surface area contributed by atoms with Crippen LogP contribution in [0.4, 0.5) is 0 Å². The van der Waals surface area contributed by atoms with Crippen molar-refractivity contribution in [3.8, 4) is 0 Å². The van der Waals surface area contributed by atoms with Crippen LogP contribution < -0.4 is 10.6 Å². The van der Waals surface area contributed by atoms with Gasteiger partial charge in [0.15, 0.2) is 5.96 Å². The lowest BCUT2D eigenvalue weighted by Crippen LogP contribution is -2.38. The van der Waals surface area contributed by atoms with Crippen LogP contribution in [0.2, 0.25) is 0 Å². The Morgan fingerprint density at radius 3 is 2.42 bits per heavy atom. The number of aliphatic imine (C=N–C) groups is 1. The second-order valence-corrected chi connectivity index (χ2v) is 7.68. The van der Waals surface area contributed by atoms with E-state index in [1.807, 2.05) is 0 Å². The van der Waals surface area contributed by atoms with Crippen molar-refractivity contribution in [1.82, 2.24) is 15.6 Å². The predicted molar refractivity (Wildman–Crippen MR) is 121 cm³/mol. The van der Waals surface area contributed by atoms with Gasteiger partial charge >= 0.3 is 0 Å². The molecule has 2 N–H and O–H groups in total. The Morgan fingerprint density at radius 1 is 1.15 bits per heavy atom. The Morgan fingerprint density at radius 2 is 1.85 bits per heavy atom. The van der Waals surface area contributed by atoms with Crippen molar-refractivity contribution in [2.24, 2.45) is 4.99 Å². The first-order valence-electron chi connectivity index (χ1n) is 9.02. The molecule has 0 radical (unpaired) electrons. The number of aromatic nitrogens is 1. The molecule has 0 aliphatic carbocycles. The van der Waals surface area contributed by atoms with Gasteiger partial charge in [0.05, 0.1) is 37.1 Å². The van der Waals surface area contributed by atoms with Crippen molar-refractivity contribution in [3.05, 3.63) is 16.1 Å². The second-order valence-electron chi connectivity index (χ2n) is 6.82. The molecule has 0 spiro atoms. The quantitative estimate of drug-likeness (QED) is 0.211. The molecule has 1 aromatic rings. The second kappa shape index (κ2) is 14.6. The number of nitrogens with zero attached hydrogens (tertiary/aromatic N) is 2. The van der Waals surface area contributed by atoms with Crippen molar-refractivity contribution < 1.29 is 9.47 Å². The minimum Gasteiger partial charge on any atom is -0.379 e. The summed E-state index contributed by atoms with van der Waals surface area (Å²) < 4.78 is 11.0. The van der Waals surface area contributed by atoms with Gasteiger partial charge in [0.1, 0.15) is 0 Å². The number of rotatable bonds is 11. The van der Waals surface area contributed by atoms with Crippen molar-refractivity contribution >= 4 is 41.3 Å². The van der Waals surface area contributed by atoms with Gasteiger partial charge in [0.25, 0.3) is 0 Å². The van der Waals surface area contributed by atoms with Crippen LogP contribution in [0.5, 0.6) is 0 Å². The van der Waals surface area contributed by atoms with Gasteiger partial charge in [-0.25, -0.2) is 4.98 Å². The molecule has 26 heavy (non-hydrogen) atoms. The van der Waals surface area contributed by atoms with E-state index in [0.717, 1.165) is 36.1 Å². The van der Waals surface area contributed by atoms with Crippen molar-refractivity contribution in [3.63, 3.8) is 0 Å². The van der Waals surface area contributed by atoms with Crippen LogP contribution in [-0.4, -0.2) is 51.0 Å². The Bertz CT molecular complexity index is 504. The summed E-state index contributed by atoms with van der Waals surface area (Å²) in [5, 5.41) is 9.77. The van der Waals surface area contributed by atoms with Crippen LogP contribution in [0.25, 0.3) is 0 Å². The summed E-state index contributed by atoms with van der Waals surface area (Å²) in [6.07, 6.45) is 2.27. The lowest BCUT2D eigenvalue weighted by molar-refractivity contribution is 0.0487. The van der Waals surface area contributed by atoms with E-state index in [2.05, 4.69) is 53.7 Å². The highest BCUT2D eigenvalue weighted by atomic mass is 127. The number of halogens is 1. The maximum atomic E-state index is 5.53. The number of nitrogens with one attached hydrogen (secondary N) is 2. The third kappa shape index (κ3) is 11.3. The van der Waals surface area contributed by atoms with Gasteiger partial charge in [-0.1, -0.05) is 34.1 Å². The number of guanidine groups is 1. The largest absolute Gasteiger partial charge is 0.379 e. The third-order valence-electron chi connectivity index (χ3n) is 3.41. The van der Waals surface area contributed by atoms with E-state index in [0.29, 0.717) is 32.9 Å². The van der Waals surface area contributed by atoms with Crippen LogP contribution in [0.1, 0.15) is 51.2 Å². The number of hydrogen-bond donors (Lipinski definition) is 2. The highest BCUT2D eigenvalue weighted by Gasteiger charge is 2.17. The fourth-order valence-corrected chi connectivity index (χ4v) is 2.84. The SMILES string of the molecule is CCCCOCCOCCNC(=NC)NCc1csc(C(C)(C)C)n1.I. The zero-order valence-corrected chi connectivity index (χ0v) is 19.9. The zero-order valence-electron chi connectivity index (χ0n) is 16.8. The molecule has 0 saturated carbocycles. The van der Waals surface area contributed by atoms with Crippen LogP contribution in [0.15, 0.2) is 10.4 Å². The molecule has 8 heteroatoms. The molecule has 0 bridgehead atoms. The van der Waals surface area contributed by atoms with E-state index < -0.39 is 0 Å². The summed E-state index contributed by atoms with van der Waals surface area (Å²) >= 11 is 1.71. The summed E-state index contributed by atoms with van der Waals surface area (Å²) in [5.41, 5.74) is 1.14. The first kappa shape index (κ1) is 25.6. The van der Waals surface area contributed by atoms with Gasteiger partial charge in [0.2, 0.25) is 0 Å².